The summed E-state index contributed by atoms with van der Waals surface area (Å²) in [4.78, 5) is 40.0. The highest BCUT2D eigenvalue weighted by molar-refractivity contribution is 6.42. The van der Waals surface area contributed by atoms with Crippen molar-refractivity contribution >= 4 is 41.1 Å². The van der Waals surface area contributed by atoms with Crippen molar-refractivity contribution < 1.29 is 33.3 Å². The van der Waals surface area contributed by atoms with Gasteiger partial charge in [-0.15, -0.1) is 0 Å². The Balaban J connectivity index is 2.62. The number of carbonyl (C=O) groups is 3. The number of methoxy groups -OCH3 is 2. The van der Waals surface area contributed by atoms with Crippen molar-refractivity contribution in [2.45, 2.75) is 40.5 Å². The molecule has 34 heavy (non-hydrogen) atoms. The Bertz CT molecular complexity index is 1040. The van der Waals surface area contributed by atoms with Crippen LogP contribution in [0.1, 0.15) is 46.1 Å². The minimum Gasteiger partial charge on any atom is -0.466 e. The Hall–Kier alpha value is -2.55. The lowest BCUT2D eigenvalue weighted by Gasteiger charge is -2.37. The van der Waals surface area contributed by atoms with E-state index in [9.17, 15) is 14.4 Å². The SMILES string of the molecule is COCN1C(C)=C(C(=O)OC)C(c2cccc(Cl)c2Cl)C(C(=O)OCOC(=O)C(C)(C)C)=C1C. The van der Waals surface area contributed by atoms with Crippen LogP contribution in [0.5, 0.6) is 0 Å². The highest BCUT2D eigenvalue weighted by Gasteiger charge is 2.41. The van der Waals surface area contributed by atoms with Gasteiger partial charge < -0.3 is 23.8 Å². The van der Waals surface area contributed by atoms with Crippen molar-refractivity contribution in [3.05, 3.63) is 56.3 Å². The monoisotopic (exact) mass is 513 g/mol. The number of carbonyl (C=O) groups excluding carboxylic acids is 3. The lowest BCUT2D eigenvalue weighted by molar-refractivity contribution is -0.171. The summed E-state index contributed by atoms with van der Waals surface area (Å²) in [6, 6.07) is 4.93. The minimum absolute atomic E-state index is 0.0595. The molecule has 186 valence electrons. The van der Waals surface area contributed by atoms with Gasteiger partial charge in [-0.2, -0.15) is 0 Å². The molecular formula is C24H29Cl2NO7. The average Bonchev–Trinajstić information content (AvgIpc) is 2.76. The first kappa shape index (κ1) is 27.7. The van der Waals surface area contributed by atoms with Crippen LogP contribution in [0.2, 0.25) is 10.0 Å². The van der Waals surface area contributed by atoms with Crippen LogP contribution in [0.15, 0.2) is 40.7 Å². The molecule has 0 radical (unpaired) electrons. The molecule has 0 N–H and O–H groups in total. The minimum atomic E-state index is -0.947. The molecule has 1 aromatic carbocycles. The van der Waals surface area contributed by atoms with Gasteiger partial charge >= 0.3 is 17.9 Å². The average molecular weight is 514 g/mol. The molecule has 1 unspecified atom stereocenters. The number of allylic oxidation sites excluding steroid dienone is 2. The molecular weight excluding hydrogens is 485 g/mol. The van der Waals surface area contributed by atoms with Crippen LogP contribution in [0.25, 0.3) is 0 Å². The zero-order valence-corrected chi connectivity index (χ0v) is 21.8. The molecule has 0 amide bonds. The highest BCUT2D eigenvalue weighted by Crippen LogP contribution is 2.46. The van der Waals surface area contributed by atoms with E-state index in [1.165, 1.54) is 14.2 Å². The summed E-state index contributed by atoms with van der Waals surface area (Å²) in [6.45, 7) is 7.92. The van der Waals surface area contributed by atoms with Gasteiger partial charge in [-0.3, -0.25) is 4.79 Å². The number of rotatable bonds is 7. The number of halogens is 2. The predicted molar refractivity (Wildman–Crippen MR) is 127 cm³/mol. The van der Waals surface area contributed by atoms with E-state index in [-0.39, 0.29) is 27.9 Å². The fourth-order valence-corrected chi connectivity index (χ4v) is 3.97. The first-order chi connectivity index (χ1) is 15.9. The van der Waals surface area contributed by atoms with Crippen molar-refractivity contribution in [2.75, 3.05) is 27.7 Å². The number of benzene rings is 1. The Morgan fingerprint density at radius 2 is 1.56 bits per heavy atom. The normalized spacial score (nSPS) is 16.5. The molecule has 0 bridgehead atoms. The predicted octanol–water partition coefficient (Wildman–Crippen LogP) is 4.81. The van der Waals surface area contributed by atoms with Gasteiger partial charge in [0.05, 0.1) is 39.6 Å². The Morgan fingerprint density at radius 3 is 2.09 bits per heavy atom. The van der Waals surface area contributed by atoms with Crippen molar-refractivity contribution in [2.24, 2.45) is 5.41 Å². The summed E-state index contributed by atoms with van der Waals surface area (Å²) in [5.74, 6) is -2.93. The molecule has 1 heterocycles. The van der Waals surface area contributed by atoms with Gasteiger partial charge in [-0.05, 0) is 46.2 Å². The smallest absolute Gasteiger partial charge is 0.339 e. The summed E-state index contributed by atoms with van der Waals surface area (Å²) < 4.78 is 20.7. The van der Waals surface area contributed by atoms with Crippen molar-refractivity contribution in [3.63, 3.8) is 0 Å². The van der Waals surface area contributed by atoms with Crippen LogP contribution in [0.4, 0.5) is 0 Å². The molecule has 1 atom stereocenters. The molecule has 0 saturated heterocycles. The van der Waals surface area contributed by atoms with E-state index < -0.39 is 36.0 Å². The molecule has 0 aliphatic carbocycles. The summed E-state index contributed by atoms with van der Waals surface area (Å²) in [7, 11) is 2.73. The zero-order valence-electron chi connectivity index (χ0n) is 20.3. The van der Waals surface area contributed by atoms with E-state index in [1.807, 2.05) is 0 Å². The van der Waals surface area contributed by atoms with E-state index >= 15 is 0 Å². The Kier molecular flexibility index (Phi) is 9.16. The molecule has 0 saturated carbocycles. The van der Waals surface area contributed by atoms with E-state index in [2.05, 4.69) is 0 Å². The molecule has 1 aliphatic heterocycles. The first-order valence-corrected chi connectivity index (χ1v) is 11.2. The van der Waals surface area contributed by atoms with E-state index in [1.54, 1.807) is 57.7 Å². The zero-order chi connectivity index (χ0) is 25.8. The summed E-state index contributed by atoms with van der Waals surface area (Å²) >= 11 is 12.8. The van der Waals surface area contributed by atoms with Crippen LogP contribution >= 0.6 is 23.2 Å². The molecule has 0 fully saturated rings. The van der Waals surface area contributed by atoms with Crippen molar-refractivity contribution in [1.82, 2.24) is 4.90 Å². The number of nitrogens with zero attached hydrogens (tertiary/aromatic N) is 1. The van der Waals surface area contributed by atoms with Crippen LogP contribution in [0.3, 0.4) is 0 Å². The largest absolute Gasteiger partial charge is 0.466 e. The number of ether oxygens (including phenoxy) is 4. The van der Waals surface area contributed by atoms with Crippen LogP contribution in [0, 0.1) is 5.41 Å². The molecule has 8 nitrogen and oxygen atoms in total. The molecule has 0 aromatic heterocycles. The van der Waals surface area contributed by atoms with Crippen LogP contribution < -0.4 is 0 Å². The maximum absolute atomic E-state index is 13.3. The van der Waals surface area contributed by atoms with E-state index in [4.69, 9.17) is 42.1 Å². The molecule has 0 spiro atoms. The number of esters is 3. The van der Waals surface area contributed by atoms with E-state index in [0.717, 1.165) is 0 Å². The third-order valence-electron chi connectivity index (χ3n) is 5.33. The first-order valence-electron chi connectivity index (χ1n) is 10.4. The van der Waals surface area contributed by atoms with Gasteiger partial charge in [0.25, 0.3) is 0 Å². The standard InChI is InChI=1S/C24H29Cl2NO7/c1-13-17(21(28)32-7)19(15-9-8-10-16(25)20(15)26)18(14(2)27(13)11-31-6)22(29)33-12-34-23(30)24(3,4)5/h8-10,19H,11-12H2,1-7H3. The molecule has 1 aliphatic rings. The van der Waals surface area contributed by atoms with Crippen molar-refractivity contribution in [1.29, 1.82) is 0 Å². The van der Waals surface area contributed by atoms with Crippen LogP contribution in [-0.4, -0.2) is 50.6 Å². The number of hydrogen-bond acceptors (Lipinski definition) is 8. The Morgan fingerprint density at radius 1 is 0.971 bits per heavy atom. The second-order valence-electron chi connectivity index (χ2n) is 8.64. The van der Waals surface area contributed by atoms with Gasteiger partial charge in [-0.25, -0.2) is 9.59 Å². The molecule has 2 rings (SSSR count). The third-order valence-corrected chi connectivity index (χ3v) is 6.17. The summed E-state index contributed by atoms with van der Waals surface area (Å²) in [6.07, 6.45) is 0. The van der Waals surface area contributed by atoms with Crippen LogP contribution in [-0.2, 0) is 33.3 Å². The summed E-state index contributed by atoms with van der Waals surface area (Å²) in [5, 5.41) is 0.436. The van der Waals surface area contributed by atoms with E-state index in [0.29, 0.717) is 17.0 Å². The van der Waals surface area contributed by atoms with Gasteiger partial charge in [0.2, 0.25) is 6.79 Å². The van der Waals surface area contributed by atoms with Gasteiger partial charge in [-0.1, -0.05) is 35.3 Å². The maximum atomic E-state index is 13.3. The maximum Gasteiger partial charge on any atom is 0.339 e. The van der Waals surface area contributed by atoms with Crippen molar-refractivity contribution in [3.8, 4) is 0 Å². The molecule has 10 heteroatoms. The quantitative estimate of drug-likeness (QED) is 0.378. The summed E-state index contributed by atoms with van der Waals surface area (Å²) in [5.41, 5.74) is 0.926. The molecule has 1 aromatic rings. The van der Waals surface area contributed by atoms with Gasteiger partial charge in [0.1, 0.15) is 6.73 Å². The lowest BCUT2D eigenvalue weighted by Crippen LogP contribution is -2.36. The second kappa shape index (κ2) is 11.3. The van der Waals surface area contributed by atoms with Gasteiger partial charge in [0, 0.05) is 18.5 Å². The number of hydrogen-bond donors (Lipinski definition) is 0. The highest BCUT2D eigenvalue weighted by atomic mass is 35.5. The fraction of sp³-hybridized carbons (Fsp3) is 0.458. The Labute approximate surface area is 209 Å². The fourth-order valence-electron chi connectivity index (χ4n) is 3.55. The van der Waals surface area contributed by atoms with Gasteiger partial charge in [0.15, 0.2) is 0 Å². The third kappa shape index (κ3) is 5.74. The lowest BCUT2D eigenvalue weighted by atomic mass is 9.79. The topological polar surface area (TPSA) is 91.4 Å². The second-order valence-corrected chi connectivity index (χ2v) is 9.43.